The molecule has 2 fully saturated rings. The number of rotatable bonds is 5. The van der Waals surface area contributed by atoms with E-state index in [0.717, 1.165) is 39.0 Å². The van der Waals surface area contributed by atoms with E-state index in [4.69, 9.17) is 0 Å². The highest BCUT2D eigenvalue weighted by atomic mass is 35.5. The first-order valence-electron chi connectivity index (χ1n) is 9.41. The molecule has 5 heteroatoms. The predicted molar refractivity (Wildman–Crippen MR) is 105 cm³/mol. The Labute approximate surface area is 158 Å². The molecule has 140 valence electrons. The second-order valence-electron chi connectivity index (χ2n) is 7.56. The summed E-state index contributed by atoms with van der Waals surface area (Å²) >= 11 is 0. The van der Waals surface area contributed by atoms with Crippen molar-refractivity contribution in [2.75, 3.05) is 26.2 Å². The number of carbonyl (C=O) groups excluding carboxylic acids is 1. The van der Waals surface area contributed by atoms with Crippen molar-refractivity contribution in [3.8, 4) is 0 Å². The molecule has 3 rings (SSSR count). The number of nitrogens with one attached hydrogen (secondary N) is 2. The van der Waals surface area contributed by atoms with Gasteiger partial charge in [-0.1, -0.05) is 18.2 Å². The standard InChI is InChI=1S/C20H31N3O.ClH/c1-15-7-8-17(11-16(15)2)13-23-10-4-5-18(14-23)12-22-20(24)19-6-3-9-21-19;/h7-8,11,18-19,21H,3-6,9-10,12-14H2,1-2H3,(H,22,24);1H. The Morgan fingerprint density at radius 1 is 1.24 bits per heavy atom. The van der Waals surface area contributed by atoms with Crippen molar-refractivity contribution in [3.63, 3.8) is 0 Å². The average Bonchev–Trinajstić information content (AvgIpc) is 3.11. The number of likely N-dealkylation sites (tertiary alicyclic amines) is 1. The minimum atomic E-state index is 0. The van der Waals surface area contributed by atoms with Crippen LogP contribution in [-0.4, -0.2) is 43.0 Å². The summed E-state index contributed by atoms with van der Waals surface area (Å²) in [5.41, 5.74) is 4.13. The van der Waals surface area contributed by atoms with Crippen molar-refractivity contribution in [3.05, 3.63) is 34.9 Å². The van der Waals surface area contributed by atoms with Crippen molar-refractivity contribution in [1.29, 1.82) is 0 Å². The minimum absolute atomic E-state index is 0. The maximum atomic E-state index is 12.1. The number of hydrogen-bond acceptors (Lipinski definition) is 3. The molecule has 0 aliphatic carbocycles. The molecule has 0 bridgehead atoms. The lowest BCUT2D eigenvalue weighted by Crippen LogP contribution is -2.45. The zero-order chi connectivity index (χ0) is 16.9. The van der Waals surface area contributed by atoms with Crippen LogP contribution in [0.3, 0.4) is 0 Å². The van der Waals surface area contributed by atoms with E-state index in [2.05, 4.69) is 47.6 Å². The largest absolute Gasteiger partial charge is 0.354 e. The number of hydrogen-bond donors (Lipinski definition) is 2. The first kappa shape index (κ1) is 20.2. The molecule has 0 saturated carbocycles. The van der Waals surface area contributed by atoms with E-state index in [1.54, 1.807) is 0 Å². The van der Waals surface area contributed by atoms with Crippen LogP contribution in [0.15, 0.2) is 18.2 Å². The van der Waals surface area contributed by atoms with Gasteiger partial charge in [-0.2, -0.15) is 0 Å². The molecule has 0 aromatic heterocycles. The van der Waals surface area contributed by atoms with Gasteiger partial charge in [-0.15, -0.1) is 12.4 Å². The molecule has 1 aromatic rings. The van der Waals surface area contributed by atoms with Crippen LogP contribution in [0.5, 0.6) is 0 Å². The SMILES string of the molecule is Cc1ccc(CN2CCCC(CNC(=O)C3CCCN3)C2)cc1C.Cl. The van der Waals surface area contributed by atoms with Gasteiger partial charge in [0.1, 0.15) is 0 Å². The second-order valence-corrected chi connectivity index (χ2v) is 7.56. The van der Waals surface area contributed by atoms with Crippen LogP contribution >= 0.6 is 12.4 Å². The number of nitrogens with zero attached hydrogens (tertiary/aromatic N) is 1. The van der Waals surface area contributed by atoms with E-state index in [-0.39, 0.29) is 24.4 Å². The van der Waals surface area contributed by atoms with Crippen LogP contribution in [0.2, 0.25) is 0 Å². The number of carbonyl (C=O) groups is 1. The molecule has 25 heavy (non-hydrogen) atoms. The molecule has 2 saturated heterocycles. The van der Waals surface area contributed by atoms with E-state index >= 15 is 0 Å². The maximum Gasteiger partial charge on any atom is 0.237 e. The van der Waals surface area contributed by atoms with Gasteiger partial charge in [0, 0.05) is 19.6 Å². The van der Waals surface area contributed by atoms with Crippen molar-refractivity contribution >= 4 is 18.3 Å². The fourth-order valence-corrected chi connectivity index (χ4v) is 3.90. The van der Waals surface area contributed by atoms with E-state index in [1.807, 2.05) is 0 Å². The van der Waals surface area contributed by atoms with Gasteiger partial charge in [0.15, 0.2) is 0 Å². The lowest BCUT2D eigenvalue weighted by molar-refractivity contribution is -0.123. The van der Waals surface area contributed by atoms with E-state index < -0.39 is 0 Å². The monoisotopic (exact) mass is 365 g/mol. The molecule has 2 atom stereocenters. The molecule has 2 N–H and O–H groups in total. The Morgan fingerprint density at radius 3 is 2.80 bits per heavy atom. The molecule has 2 aliphatic rings. The third-order valence-electron chi connectivity index (χ3n) is 5.52. The van der Waals surface area contributed by atoms with E-state index in [0.29, 0.717) is 5.92 Å². The quantitative estimate of drug-likeness (QED) is 0.843. The van der Waals surface area contributed by atoms with Gasteiger partial charge in [0.2, 0.25) is 5.91 Å². The molecular formula is C20H32ClN3O. The minimum Gasteiger partial charge on any atom is -0.354 e. The summed E-state index contributed by atoms with van der Waals surface area (Å²) in [6.45, 7) is 9.43. The normalized spacial score (nSPS) is 23.9. The zero-order valence-corrected chi connectivity index (χ0v) is 16.3. The molecule has 4 nitrogen and oxygen atoms in total. The fourth-order valence-electron chi connectivity index (χ4n) is 3.90. The molecule has 2 unspecified atom stereocenters. The van der Waals surface area contributed by atoms with Crippen LogP contribution in [0.25, 0.3) is 0 Å². The van der Waals surface area contributed by atoms with Crippen LogP contribution in [0.4, 0.5) is 0 Å². The molecular weight excluding hydrogens is 334 g/mol. The zero-order valence-electron chi connectivity index (χ0n) is 15.5. The fraction of sp³-hybridized carbons (Fsp3) is 0.650. The van der Waals surface area contributed by atoms with Crippen LogP contribution in [0, 0.1) is 19.8 Å². The Bertz CT molecular complexity index is 572. The second kappa shape index (κ2) is 9.56. The summed E-state index contributed by atoms with van der Waals surface area (Å²) in [6.07, 6.45) is 4.55. The third kappa shape index (κ3) is 5.70. The highest BCUT2D eigenvalue weighted by Crippen LogP contribution is 2.19. The Hall–Kier alpha value is -1.10. The summed E-state index contributed by atoms with van der Waals surface area (Å²) in [6, 6.07) is 6.83. The number of benzene rings is 1. The Morgan fingerprint density at radius 2 is 2.08 bits per heavy atom. The van der Waals surface area contributed by atoms with Crippen molar-refractivity contribution in [2.45, 2.75) is 52.1 Å². The molecule has 2 heterocycles. The smallest absolute Gasteiger partial charge is 0.237 e. The van der Waals surface area contributed by atoms with Gasteiger partial charge in [0.25, 0.3) is 0 Å². The molecule has 2 aliphatic heterocycles. The van der Waals surface area contributed by atoms with Crippen molar-refractivity contribution in [2.24, 2.45) is 5.92 Å². The first-order chi connectivity index (χ1) is 11.6. The molecule has 1 aromatic carbocycles. The highest BCUT2D eigenvalue weighted by molar-refractivity contribution is 5.85. The van der Waals surface area contributed by atoms with Gasteiger partial charge in [-0.3, -0.25) is 9.69 Å². The summed E-state index contributed by atoms with van der Waals surface area (Å²) < 4.78 is 0. The van der Waals surface area contributed by atoms with Crippen LogP contribution in [-0.2, 0) is 11.3 Å². The van der Waals surface area contributed by atoms with Gasteiger partial charge in [0.05, 0.1) is 6.04 Å². The summed E-state index contributed by atoms with van der Waals surface area (Å²) in [4.78, 5) is 14.7. The number of amides is 1. The van der Waals surface area contributed by atoms with Gasteiger partial charge < -0.3 is 10.6 Å². The van der Waals surface area contributed by atoms with Crippen molar-refractivity contribution in [1.82, 2.24) is 15.5 Å². The summed E-state index contributed by atoms with van der Waals surface area (Å²) in [5, 5.41) is 6.44. The lowest BCUT2D eigenvalue weighted by atomic mass is 9.97. The van der Waals surface area contributed by atoms with E-state index in [9.17, 15) is 4.79 Å². The van der Waals surface area contributed by atoms with Gasteiger partial charge >= 0.3 is 0 Å². The van der Waals surface area contributed by atoms with E-state index in [1.165, 1.54) is 36.1 Å². The van der Waals surface area contributed by atoms with Crippen LogP contribution in [0.1, 0.15) is 42.4 Å². The van der Waals surface area contributed by atoms with Crippen molar-refractivity contribution < 1.29 is 4.79 Å². The Kier molecular flexibility index (Phi) is 7.73. The predicted octanol–water partition coefficient (Wildman–Crippen LogP) is 2.81. The third-order valence-corrected chi connectivity index (χ3v) is 5.52. The number of halogens is 1. The molecule has 1 amide bonds. The summed E-state index contributed by atoms with van der Waals surface area (Å²) in [7, 11) is 0. The topological polar surface area (TPSA) is 44.4 Å². The molecule has 0 radical (unpaired) electrons. The Balaban J connectivity index is 0.00000225. The number of aryl methyl sites for hydroxylation is 2. The van der Waals surface area contributed by atoms with Gasteiger partial charge in [-0.05, 0) is 75.2 Å². The average molecular weight is 366 g/mol. The highest BCUT2D eigenvalue weighted by Gasteiger charge is 2.24. The summed E-state index contributed by atoms with van der Waals surface area (Å²) in [5.74, 6) is 0.773. The molecule has 0 spiro atoms. The maximum absolute atomic E-state index is 12.1. The lowest BCUT2D eigenvalue weighted by Gasteiger charge is -2.33. The first-order valence-corrected chi connectivity index (χ1v) is 9.41. The number of piperidine rings is 1. The van der Waals surface area contributed by atoms with Crippen LogP contribution < -0.4 is 10.6 Å². The van der Waals surface area contributed by atoms with Gasteiger partial charge in [-0.25, -0.2) is 0 Å².